The molecule has 1 heterocycles. The highest BCUT2D eigenvalue weighted by atomic mass is 16.5. The number of nitrogens with zero attached hydrogens (tertiary/aromatic N) is 2. The monoisotopic (exact) mass is 228 g/mol. The van der Waals surface area contributed by atoms with Crippen molar-refractivity contribution in [3.05, 3.63) is 0 Å². The molecular weight excluding hydrogens is 204 g/mol. The van der Waals surface area contributed by atoms with Crippen molar-refractivity contribution in [3.8, 4) is 0 Å². The van der Waals surface area contributed by atoms with Gasteiger partial charge in [-0.15, -0.1) is 0 Å². The van der Waals surface area contributed by atoms with E-state index in [2.05, 4.69) is 16.7 Å². The molecule has 94 valence electrons. The average Bonchev–Trinajstić information content (AvgIpc) is 2.79. The molecule has 1 fully saturated rings. The van der Waals surface area contributed by atoms with Gasteiger partial charge < -0.3 is 9.64 Å². The van der Waals surface area contributed by atoms with E-state index in [9.17, 15) is 4.79 Å². The van der Waals surface area contributed by atoms with Crippen molar-refractivity contribution in [2.24, 2.45) is 0 Å². The van der Waals surface area contributed by atoms with Crippen molar-refractivity contribution in [1.29, 1.82) is 0 Å². The Kier molecular flexibility index (Phi) is 6.42. The van der Waals surface area contributed by atoms with Gasteiger partial charge >= 0.3 is 5.97 Å². The number of esters is 1. The molecule has 0 aliphatic carbocycles. The van der Waals surface area contributed by atoms with Crippen LogP contribution >= 0.6 is 0 Å². The van der Waals surface area contributed by atoms with Crippen molar-refractivity contribution in [3.63, 3.8) is 0 Å². The van der Waals surface area contributed by atoms with E-state index in [1.807, 2.05) is 0 Å². The average molecular weight is 228 g/mol. The maximum Gasteiger partial charge on any atom is 0.319 e. The molecule has 1 saturated heterocycles. The van der Waals surface area contributed by atoms with Crippen LogP contribution in [0.1, 0.15) is 26.2 Å². The van der Waals surface area contributed by atoms with Crippen molar-refractivity contribution in [2.75, 3.05) is 46.4 Å². The molecule has 0 aromatic heterocycles. The molecular formula is C12H24N2O2. The Hall–Kier alpha value is -0.610. The SMILES string of the molecule is CCCN(CCN1CCCC1)CC(=O)OC. The van der Waals surface area contributed by atoms with E-state index in [1.165, 1.54) is 33.0 Å². The quantitative estimate of drug-likeness (QED) is 0.608. The minimum Gasteiger partial charge on any atom is -0.468 e. The fourth-order valence-corrected chi connectivity index (χ4v) is 2.12. The molecule has 16 heavy (non-hydrogen) atoms. The van der Waals surface area contributed by atoms with Gasteiger partial charge in [0.25, 0.3) is 0 Å². The Morgan fingerprint density at radius 2 is 2.00 bits per heavy atom. The van der Waals surface area contributed by atoms with Crippen LogP contribution in [0.15, 0.2) is 0 Å². The number of likely N-dealkylation sites (tertiary alicyclic amines) is 1. The van der Waals surface area contributed by atoms with Gasteiger partial charge in [0.1, 0.15) is 0 Å². The molecule has 0 atom stereocenters. The molecule has 0 amide bonds. The lowest BCUT2D eigenvalue weighted by atomic mass is 10.3. The Morgan fingerprint density at radius 1 is 1.31 bits per heavy atom. The predicted molar refractivity (Wildman–Crippen MR) is 64.4 cm³/mol. The summed E-state index contributed by atoms with van der Waals surface area (Å²) < 4.78 is 4.70. The van der Waals surface area contributed by atoms with E-state index in [1.54, 1.807) is 0 Å². The van der Waals surface area contributed by atoms with Crippen LogP contribution in [0, 0.1) is 0 Å². The molecule has 0 bridgehead atoms. The van der Waals surface area contributed by atoms with Crippen molar-refractivity contribution in [1.82, 2.24) is 9.80 Å². The van der Waals surface area contributed by atoms with Crippen LogP contribution in [-0.2, 0) is 9.53 Å². The molecule has 4 nitrogen and oxygen atoms in total. The summed E-state index contributed by atoms with van der Waals surface area (Å²) in [5, 5.41) is 0. The minimum absolute atomic E-state index is 0.130. The van der Waals surface area contributed by atoms with Gasteiger partial charge in [-0.1, -0.05) is 6.92 Å². The second kappa shape index (κ2) is 7.63. The number of carbonyl (C=O) groups is 1. The van der Waals surface area contributed by atoms with E-state index in [0.29, 0.717) is 6.54 Å². The zero-order chi connectivity index (χ0) is 11.8. The first-order valence-corrected chi connectivity index (χ1v) is 6.27. The highest BCUT2D eigenvalue weighted by molar-refractivity contribution is 5.71. The molecule has 0 spiro atoms. The smallest absolute Gasteiger partial charge is 0.319 e. The number of hydrogen-bond acceptors (Lipinski definition) is 4. The van der Waals surface area contributed by atoms with E-state index in [0.717, 1.165) is 26.1 Å². The first-order chi connectivity index (χ1) is 7.76. The van der Waals surface area contributed by atoms with Gasteiger partial charge in [-0.3, -0.25) is 9.69 Å². The summed E-state index contributed by atoms with van der Waals surface area (Å²) >= 11 is 0. The Labute approximate surface area is 98.5 Å². The predicted octanol–water partition coefficient (Wildman–Crippen LogP) is 0.967. The van der Waals surface area contributed by atoms with Crippen molar-refractivity contribution >= 4 is 5.97 Å². The fraction of sp³-hybridized carbons (Fsp3) is 0.917. The topological polar surface area (TPSA) is 32.8 Å². The van der Waals surface area contributed by atoms with Crippen molar-refractivity contribution in [2.45, 2.75) is 26.2 Å². The van der Waals surface area contributed by atoms with Gasteiger partial charge in [0.15, 0.2) is 0 Å². The van der Waals surface area contributed by atoms with E-state index < -0.39 is 0 Å². The third-order valence-electron chi connectivity index (χ3n) is 3.05. The number of methoxy groups -OCH3 is 1. The summed E-state index contributed by atoms with van der Waals surface area (Å²) in [6.45, 7) is 8.04. The lowest BCUT2D eigenvalue weighted by molar-refractivity contribution is -0.141. The number of rotatable bonds is 7. The molecule has 1 aliphatic heterocycles. The molecule has 0 aromatic carbocycles. The normalized spacial score (nSPS) is 16.9. The third kappa shape index (κ3) is 4.94. The zero-order valence-electron chi connectivity index (χ0n) is 10.6. The first kappa shape index (κ1) is 13.5. The van der Waals surface area contributed by atoms with Gasteiger partial charge in [-0.2, -0.15) is 0 Å². The molecule has 0 unspecified atom stereocenters. The van der Waals surface area contributed by atoms with Gasteiger partial charge in [0.05, 0.1) is 13.7 Å². The van der Waals surface area contributed by atoms with Gasteiger partial charge in [0, 0.05) is 13.1 Å². The van der Waals surface area contributed by atoms with Crippen LogP contribution in [0.5, 0.6) is 0 Å². The first-order valence-electron chi connectivity index (χ1n) is 6.27. The molecule has 0 N–H and O–H groups in total. The van der Waals surface area contributed by atoms with Crippen LogP contribution in [0.25, 0.3) is 0 Å². The summed E-state index contributed by atoms with van der Waals surface area (Å²) in [5.41, 5.74) is 0. The van der Waals surface area contributed by atoms with Gasteiger partial charge in [-0.25, -0.2) is 0 Å². The number of carbonyl (C=O) groups excluding carboxylic acids is 1. The standard InChI is InChI=1S/C12H24N2O2/c1-3-6-14(11-12(15)16-2)10-9-13-7-4-5-8-13/h3-11H2,1-2H3. The Morgan fingerprint density at radius 3 is 2.56 bits per heavy atom. The molecule has 0 saturated carbocycles. The lowest BCUT2D eigenvalue weighted by Crippen LogP contribution is -2.37. The second-order valence-electron chi connectivity index (χ2n) is 4.40. The van der Waals surface area contributed by atoms with E-state index in [4.69, 9.17) is 4.74 Å². The number of hydrogen-bond donors (Lipinski definition) is 0. The van der Waals surface area contributed by atoms with Gasteiger partial charge in [0.2, 0.25) is 0 Å². The third-order valence-corrected chi connectivity index (χ3v) is 3.05. The summed E-state index contributed by atoms with van der Waals surface area (Å²) in [6.07, 6.45) is 3.73. The van der Waals surface area contributed by atoms with Crippen molar-refractivity contribution < 1.29 is 9.53 Å². The molecule has 0 aromatic rings. The summed E-state index contributed by atoms with van der Waals surface area (Å²) in [7, 11) is 1.45. The molecule has 4 heteroatoms. The highest BCUT2D eigenvalue weighted by Gasteiger charge is 2.14. The Bertz CT molecular complexity index is 203. The second-order valence-corrected chi connectivity index (χ2v) is 4.40. The van der Waals surface area contributed by atoms with E-state index >= 15 is 0 Å². The summed E-state index contributed by atoms with van der Waals surface area (Å²) in [5.74, 6) is -0.130. The maximum absolute atomic E-state index is 11.2. The van der Waals surface area contributed by atoms with Gasteiger partial charge in [-0.05, 0) is 38.9 Å². The highest BCUT2D eigenvalue weighted by Crippen LogP contribution is 2.06. The summed E-state index contributed by atoms with van der Waals surface area (Å²) in [6, 6.07) is 0. The summed E-state index contributed by atoms with van der Waals surface area (Å²) in [4.78, 5) is 15.9. The van der Waals surface area contributed by atoms with Crippen LogP contribution < -0.4 is 0 Å². The van der Waals surface area contributed by atoms with Crippen LogP contribution in [-0.4, -0.2) is 62.1 Å². The van der Waals surface area contributed by atoms with Crippen LogP contribution in [0.2, 0.25) is 0 Å². The molecule has 1 rings (SSSR count). The zero-order valence-corrected chi connectivity index (χ0v) is 10.6. The fourth-order valence-electron chi connectivity index (χ4n) is 2.12. The minimum atomic E-state index is -0.130. The Balaban J connectivity index is 2.23. The van der Waals surface area contributed by atoms with Crippen LogP contribution in [0.4, 0.5) is 0 Å². The van der Waals surface area contributed by atoms with Crippen LogP contribution in [0.3, 0.4) is 0 Å². The van der Waals surface area contributed by atoms with E-state index in [-0.39, 0.29) is 5.97 Å². The number of ether oxygens (including phenoxy) is 1. The molecule has 0 radical (unpaired) electrons. The largest absolute Gasteiger partial charge is 0.468 e. The lowest BCUT2D eigenvalue weighted by Gasteiger charge is -2.23. The molecule has 1 aliphatic rings. The maximum atomic E-state index is 11.2.